The van der Waals surface area contributed by atoms with Crippen LogP contribution in [-0.4, -0.2) is 54.4 Å². The number of carboxylic acid groups (broad SMARTS) is 1. The van der Waals surface area contributed by atoms with Crippen LogP contribution in [0, 0.1) is 5.92 Å². The number of nitrogens with one attached hydrogen (secondary N) is 1. The van der Waals surface area contributed by atoms with Crippen LogP contribution in [0.3, 0.4) is 0 Å². The van der Waals surface area contributed by atoms with Gasteiger partial charge in [0.05, 0.1) is 13.2 Å². The van der Waals surface area contributed by atoms with E-state index in [0.29, 0.717) is 38.6 Å². The van der Waals surface area contributed by atoms with Crippen LogP contribution in [0.5, 0.6) is 0 Å². The molecule has 0 aromatic heterocycles. The van der Waals surface area contributed by atoms with Crippen LogP contribution in [0.25, 0.3) is 0 Å². The average Bonchev–Trinajstić information content (AvgIpc) is 2.45. The molecule has 6 nitrogen and oxygen atoms in total. The second kappa shape index (κ2) is 8.67. The highest BCUT2D eigenvalue weighted by Gasteiger charge is 2.35. The zero-order valence-corrected chi connectivity index (χ0v) is 12.9. The molecular weight excluding hydrogens is 272 g/mol. The molecule has 0 radical (unpaired) electrons. The molecule has 2 atom stereocenters. The molecule has 0 saturated carbocycles. The largest absolute Gasteiger partial charge is 0.480 e. The first-order chi connectivity index (χ1) is 9.95. The minimum atomic E-state index is -0.929. The van der Waals surface area contributed by atoms with Crippen molar-refractivity contribution in [1.29, 1.82) is 0 Å². The van der Waals surface area contributed by atoms with Gasteiger partial charge < -0.3 is 20.1 Å². The molecule has 21 heavy (non-hydrogen) atoms. The number of carbonyl (C=O) groups is 2. The molecule has 1 heterocycles. The minimum Gasteiger partial charge on any atom is -0.480 e. The smallest absolute Gasteiger partial charge is 0.326 e. The molecule has 1 rings (SSSR count). The lowest BCUT2D eigenvalue weighted by Gasteiger charge is -2.36. The van der Waals surface area contributed by atoms with E-state index in [1.54, 1.807) is 0 Å². The lowest BCUT2D eigenvalue weighted by Crippen LogP contribution is -2.53. The molecule has 0 bridgehead atoms. The van der Waals surface area contributed by atoms with Crippen molar-refractivity contribution in [1.82, 2.24) is 10.2 Å². The van der Waals surface area contributed by atoms with Crippen LogP contribution in [0.15, 0.2) is 12.2 Å². The number of carboxylic acids is 1. The van der Waals surface area contributed by atoms with Crippen molar-refractivity contribution < 1.29 is 19.4 Å². The molecule has 1 aliphatic heterocycles. The van der Waals surface area contributed by atoms with E-state index in [1.165, 1.54) is 4.90 Å². The standard InChI is InChI=1S/C15H26N2O4/c1-4-12-5-7-17(13(9-12)14(18)19)15(20)16-6-8-21-10-11(2)3/h12-13H,2,4-10H2,1,3H3,(H,16,20)(H,18,19). The van der Waals surface area contributed by atoms with Crippen molar-refractivity contribution in [2.45, 2.75) is 39.2 Å². The predicted octanol–water partition coefficient (Wildman–Crippen LogP) is 1.86. The van der Waals surface area contributed by atoms with Crippen molar-refractivity contribution in [3.05, 3.63) is 12.2 Å². The second-order valence-electron chi connectivity index (χ2n) is 5.59. The maximum Gasteiger partial charge on any atom is 0.326 e. The summed E-state index contributed by atoms with van der Waals surface area (Å²) in [5, 5.41) is 12.0. The number of rotatable bonds is 7. The van der Waals surface area contributed by atoms with Gasteiger partial charge in [0.15, 0.2) is 0 Å². The molecule has 1 fully saturated rings. The third kappa shape index (κ3) is 5.75. The van der Waals surface area contributed by atoms with E-state index in [2.05, 4.69) is 18.8 Å². The number of likely N-dealkylation sites (tertiary alicyclic amines) is 1. The van der Waals surface area contributed by atoms with Gasteiger partial charge in [-0.25, -0.2) is 9.59 Å². The third-order valence-corrected chi connectivity index (χ3v) is 3.71. The summed E-state index contributed by atoms with van der Waals surface area (Å²) in [6.07, 6.45) is 2.35. The van der Waals surface area contributed by atoms with E-state index >= 15 is 0 Å². The first-order valence-corrected chi connectivity index (χ1v) is 7.45. The molecule has 0 aromatic carbocycles. The van der Waals surface area contributed by atoms with E-state index < -0.39 is 12.0 Å². The maximum absolute atomic E-state index is 12.1. The molecule has 120 valence electrons. The lowest BCUT2D eigenvalue weighted by atomic mass is 9.89. The van der Waals surface area contributed by atoms with Crippen molar-refractivity contribution in [3.63, 3.8) is 0 Å². The quantitative estimate of drug-likeness (QED) is 0.555. The van der Waals surface area contributed by atoms with E-state index in [4.69, 9.17) is 4.74 Å². The Hall–Kier alpha value is -1.56. The number of carbonyl (C=O) groups excluding carboxylic acids is 1. The number of piperidine rings is 1. The Morgan fingerprint density at radius 1 is 1.48 bits per heavy atom. The first-order valence-electron chi connectivity index (χ1n) is 7.45. The summed E-state index contributed by atoms with van der Waals surface area (Å²) in [6, 6.07) is -1.05. The topological polar surface area (TPSA) is 78.9 Å². The van der Waals surface area contributed by atoms with E-state index in [9.17, 15) is 14.7 Å². The summed E-state index contributed by atoms with van der Waals surface area (Å²) in [5.74, 6) is -0.545. The molecule has 1 saturated heterocycles. The first kappa shape index (κ1) is 17.5. The highest BCUT2D eigenvalue weighted by molar-refractivity contribution is 5.82. The zero-order valence-electron chi connectivity index (χ0n) is 12.9. The monoisotopic (exact) mass is 298 g/mol. The summed E-state index contributed by atoms with van der Waals surface area (Å²) < 4.78 is 5.29. The van der Waals surface area contributed by atoms with Crippen molar-refractivity contribution >= 4 is 12.0 Å². The summed E-state index contributed by atoms with van der Waals surface area (Å²) in [6.45, 7) is 9.36. The normalized spacial score (nSPS) is 21.9. The molecule has 2 amide bonds. The Balaban J connectivity index is 2.40. The Morgan fingerprint density at radius 2 is 2.19 bits per heavy atom. The SMILES string of the molecule is C=C(C)COCCNC(=O)N1CCC(CC)CC1C(=O)O. The fraction of sp³-hybridized carbons (Fsp3) is 0.733. The number of ether oxygens (including phenoxy) is 1. The van der Waals surface area contributed by atoms with Gasteiger partial charge in [-0.15, -0.1) is 0 Å². The van der Waals surface area contributed by atoms with Crippen LogP contribution in [0.1, 0.15) is 33.1 Å². The van der Waals surface area contributed by atoms with Gasteiger partial charge in [0.1, 0.15) is 6.04 Å². The molecule has 1 aliphatic rings. The van der Waals surface area contributed by atoms with Gasteiger partial charge in [0.2, 0.25) is 0 Å². The number of nitrogens with zero attached hydrogens (tertiary/aromatic N) is 1. The molecular formula is C15H26N2O4. The molecule has 0 spiro atoms. The molecule has 6 heteroatoms. The molecule has 0 aliphatic carbocycles. The van der Waals surface area contributed by atoms with Crippen molar-refractivity contribution in [3.8, 4) is 0 Å². The van der Waals surface area contributed by atoms with E-state index in [0.717, 1.165) is 18.4 Å². The number of amides is 2. The van der Waals surface area contributed by atoms with Gasteiger partial charge in [0.25, 0.3) is 0 Å². The van der Waals surface area contributed by atoms with Crippen molar-refractivity contribution in [2.75, 3.05) is 26.3 Å². The van der Waals surface area contributed by atoms with E-state index in [1.807, 2.05) is 6.92 Å². The van der Waals surface area contributed by atoms with Crippen LogP contribution in [-0.2, 0) is 9.53 Å². The van der Waals surface area contributed by atoms with Gasteiger partial charge in [-0.05, 0) is 25.7 Å². The highest BCUT2D eigenvalue weighted by Crippen LogP contribution is 2.25. The minimum absolute atomic E-state index is 0.323. The number of aliphatic carboxylic acids is 1. The average molecular weight is 298 g/mol. The maximum atomic E-state index is 12.1. The summed E-state index contributed by atoms with van der Waals surface area (Å²) >= 11 is 0. The third-order valence-electron chi connectivity index (χ3n) is 3.71. The van der Waals surface area contributed by atoms with Gasteiger partial charge in [-0.2, -0.15) is 0 Å². The summed E-state index contributed by atoms with van der Waals surface area (Å²) in [4.78, 5) is 24.8. The van der Waals surface area contributed by atoms with Crippen LogP contribution in [0.2, 0.25) is 0 Å². The Morgan fingerprint density at radius 3 is 2.76 bits per heavy atom. The van der Waals surface area contributed by atoms with Gasteiger partial charge >= 0.3 is 12.0 Å². The van der Waals surface area contributed by atoms with Gasteiger partial charge in [-0.1, -0.05) is 25.5 Å². The summed E-state index contributed by atoms with van der Waals surface area (Å²) in [5.41, 5.74) is 0.925. The highest BCUT2D eigenvalue weighted by atomic mass is 16.5. The lowest BCUT2D eigenvalue weighted by molar-refractivity contribution is -0.144. The number of hydrogen-bond acceptors (Lipinski definition) is 3. The van der Waals surface area contributed by atoms with E-state index in [-0.39, 0.29) is 6.03 Å². The predicted molar refractivity (Wildman–Crippen MR) is 80.2 cm³/mol. The van der Waals surface area contributed by atoms with Crippen LogP contribution >= 0.6 is 0 Å². The Labute approximate surface area is 126 Å². The fourth-order valence-electron chi connectivity index (χ4n) is 2.46. The Bertz CT molecular complexity index is 384. The summed E-state index contributed by atoms with van der Waals surface area (Å²) in [7, 11) is 0. The molecule has 0 aromatic rings. The number of urea groups is 1. The molecule has 2 unspecified atom stereocenters. The Kier molecular flexibility index (Phi) is 7.22. The number of hydrogen-bond donors (Lipinski definition) is 2. The van der Waals surface area contributed by atoms with Crippen molar-refractivity contribution in [2.24, 2.45) is 5.92 Å². The fourth-order valence-corrected chi connectivity index (χ4v) is 2.46. The van der Waals surface area contributed by atoms with Gasteiger partial charge in [-0.3, -0.25) is 0 Å². The van der Waals surface area contributed by atoms with Crippen LogP contribution < -0.4 is 5.32 Å². The molecule has 2 N–H and O–H groups in total. The zero-order chi connectivity index (χ0) is 15.8. The second-order valence-corrected chi connectivity index (χ2v) is 5.59. The van der Waals surface area contributed by atoms with Gasteiger partial charge in [0, 0.05) is 13.1 Å². The van der Waals surface area contributed by atoms with Crippen LogP contribution in [0.4, 0.5) is 4.79 Å².